The Labute approximate surface area is 289 Å². The normalized spacial score (nSPS) is 23.3. The second-order valence-corrected chi connectivity index (χ2v) is 18.7. The summed E-state index contributed by atoms with van der Waals surface area (Å²) in [5.74, 6) is 1.47. The van der Waals surface area contributed by atoms with Crippen LogP contribution >= 0.6 is 0 Å². The van der Waals surface area contributed by atoms with Crippen molar-refractivity contribution in [3.8, 4) is 0 Å². The van der Waals surface area contributed by atoms with Gasteiger partial charge in [-0.1, -0.05) is 116 Å². The zero-order valence-electron chi connectivity index (χ0n) is 32.3. The topological polar surface area (TPSA) is 6.02 Å². The van der Waals surface area contributed by atoms with Crippen molar-refractivity contribution in [3.05, 3.63) is 58.7 Å². The van der Waals surface area contributed by atoms with Gasteiger partial charge in [-0.15, -0.1) is 0 Å². The van der Waals surface area contributed by atoms with E-state index in [0.29, 0.717) is 17.8 Å². The first kappa shape index (κ1) is 34.7. The van der Waals surface area contributed by atoms with E-state index in [0.717, 1.165) is 7.28 Å². The van der Waals surface area contributed by atoms with Crippen molar-refractivity contribution in [2.45, 2.75) is 182 Å². The monoisotopic (exact) mass is 635 g/mol. The van der Waals surface area contributed by atoms with Gasteiger partial charge < -0.3 is 0 Å². The van der Waals surface area contributed by atoms with Crippen LogP contribution in [0.25, 0.3) is 0 Å². The lowest BCUT2D eigenvalue weighted by Crippen LogP contribution is -2.46. The van der Waals surface area contributed by atoms with Crippen molar-refractivity contribution in [2.24, 2.45) is 10.8 Å². The maximum Gasteiger partial charge on any atom is 0.348 e. The van der Waals surface area contributed by atoms with Gasteiger partial charge in [-0.05, 0) is 50.4 Å². The molecule has 0 amide bonds. The summed E-state index contributed by atoms with van der Waals surface area (Å²) >= 11 is 0. The molecule has 2 aliphatic heterocycles. The second-order valence-electron chi connectivity index (χ2n) is 18.7. The predicted molar refractivity (Wildman–Crippen MR) is 205 cm³/mol. The lowest BCUT2D eigenvalue weighted by molar-refractivity contribution is -0.516. The smallest absolute Gasteiger partial charge is 0.203 e. The maximum absolute atomic E-state index is 3.00. The van der Waals surface area contributed by atoms with Crippen LogP contribution in [0.2, 0.25) is 0 Å². The van der Waals surface area contributed by atoms with E-state index in [1.165, 1.54) is 105 Å². The molecule has 2 fully saturated rings. The van der Waals surface area contributed by atoms with E-state index in [-0.39, 0.29) is 21.9 Å². The van der Waals surface area contributed by atoms with Gasteiger partial charge in [0.2, 0.25) is 11.4 Å². The highest BCUT2D eigenvalue weighted by atomic mass is 15.2. The van der Waals surface area contributed by atoms with Crippen molar-refractivity contribution in [2.75, 3.05) is 0 Å². The highest BCUT2D eigenvalue weighted by Gasteiger charge is 2.63. The lowest BCUT2D eigenvalue weighted by Gasteiger charge is -2.35. The van der Waals surface area contributed by atoms with Gasteiger partial charge in [0.05, 0.1) is 0 Å². The highest BCUT2D eigenvalue weighted by molar-refractivity contribution is 6.99. The minimum absolute atomic E-state index is 0.0757. The largest absolute Gasteiger partial charge is 0.348 e. The van der Waals surface area contributed by atoms with Crippen molar-refractivity contribution < 1.29 is 9.15 Å². The predicted octanol–water partition coefficient (Wildman–Crippen LogP) is 11.9. The zero-order valence-corrected chi connectivity index (χ0v) is 32.3. The van der Waals surface area contributed by atoms with Crippen molar-refractivity contribution in [3.63, 3.8) is 0 Å². The third-order valence-corrected chi connectivity index (χ3v) is 13.2. The van der Waals surface area contributed by atoms with Crippen LogP contribution in [0.3, 0.4) is 0 Å². The Morgan fingerprint density at radius 3 is 1.30 bits per heavy atom. The molecule has 4 aliphatic rings. The van der Waals surface area contributed by atoms with Gasteiger partial charge in [-0.3, -0.25) is 0 Å². The fourth-order valence-corrected chi connectivity index (χ4v) is 11.4. The van der Waals surface area contributed by atoms with Crippen LogP contribution in [-0.4, -0.2) is 38.7 Å². The Morgan fingerprint density at radius 1 is 0.532 bits per heavy atom. The first-order valence-corrected chi connectivity index (χ1v) is 19.7. The Bertz CT molecular complexity index is 1530. The maximum atomic E-state index is 3.00. The van der Waals surface area contributed by atoms with Crippen molar-refractivity contribution in [1.82, 2.24) is 0 Å². The number of benzene rings is 2. The summed E-state index contributed by atoms with van der Waals surface area (Å²) < 4.78 is 5.96. The molecule has 0 N–H and O–H groups in total. The quantitative estimate of drug-likeness (QED) is 0.211. The van der Waals surface area contributed by atoms with Crippen LogP contribution in [-0.2, 0) is 0 Å². The van der Waals surface area contributed by atoms with Crippen LogP contribution in [0.1, 0.15) is 186 Å². The lowest BCUT2D eigenvalue weighted by atomic mass is 9.47. The van der Waals surface area contributed by atoms with Crippen LogP contribution in [0.15, 0.2) is 36.4 Å². The molecule has 0 bridgehead atoms. The first-order valence-electron chi connectivity index (χ1n) is 19.7. The van der Waals surface area contributed by atoms with E-state index in [2.05, 4.69) is 122 Å². The number of aryl methyl sites for hydroxylation is 1. The van der Waals surface area contributed by atoms with Gasteiger partial charge in [0.15, 0.2) is 11.1 Å². The summed E-state index contributed by atoms with van der Waals surface area (Å²) in [6.07, 6.45) is 16.3. The summed E-state index contributed by atoms with van der Waals surface area (Å²) in [7, 11) is 1.13. The van der Waals surface area contributed by atoms with Crippen LogP contribution < -0.4 is 0 Å². The van der Waals surface area contributed by atoms with E-state index in [4.69, 9.17) is 0 Å². The molecule has 2 aromatic carbocycles. The molecule has 0 radical (unpaired) electrons. The summed E-state index contributed by atoms with van der Waals surface area (Å²) in [6.45, 7) is 27.2. The molecule has 0 aromatic heterocycles. The Morgan fingerprint density at radius 2 is 0.894 bits per heavy atom. The van der Waals surface area contributed by atoms with Gasteiger partial charge in [0.1, 0.15) is 11.2 Å². The van der Waals surface area contributed by atoms with Crippen molar-refractivity contribution in [1.29, 1.82) is 0 Å². The fourth-order valence-electron chi connectivity index (χ4n) is 11.4. The van der Waals surface area contributed by atoms with Crippen LogP contribution in [0, 0.1) is 17.8 Å². The first-order chi connectivity index (χ1) is 22.1. The molecule has 2 spiro atoms. The molecule has 2 aliphatic carbocycles. The molecule has 0 atom stereocenters. The minimum Gasteiger partial charge on any atom is -0.203 e. The zero-order chi connectivity index (χ0) is 33.9. The van der Waals surface area contributed by atoms with Gasteiger partial charge in [-0.25, -0.2) is 9.15 Å². The summed E-state index contributed by atoms with van der Waals surface area (Å²) in [6, 6.07) is 14.4. The van der Waals surface area contributed by atoms with E-state index in [1.54, 1.807) is 16.9 Å². The average molecular weight is 635 g/mol. The van der Waals surface area contributed by atoms with E-state index in [1.807, 2.05) is 0 Å². The van der Waals surface area contributed by atoms with Gasteiger partial charge >= 0.3 is 7.28 Å². The van der Waals surface area contributed by atoms with E-state index >= 15 is 0 Å². The molecular formula is C44H67BN2+2. The van der Waals surface area contributed by atoms with Crippen LogP contribution in [0.5, 0.6) is 0 Å². The molecule has 2 aromatic rings. The summed E-state index contributed by atoms with van der Waals surface area (Å²) in [4.78, 5) is 0. The molecule has 254 valence electrons. The number of nitrogens with zero attached hydrogens (tertiary/aromatic N) is 2. The second kappa shape index (κ2) is 12.6. The molecule has 0 unspecified atom stereocenters. The van der Waals surface area contributed by atoms with Gasteiger partial charge in [-0.2, -0.15) is 0 Å². The summed E-state index contributed by atoms with van der Waals surface area (Å²) in [5, 5.41) is 0. The molecule has 3 heteroatoms. The Kier molecular flexibility index (Phi) is 9.32. The number of hydrogen-bond donors (Lipinski definition) is 0. The number of rotatable bonds is 7. The molecule has 47 heavy (non-hydrogen) atoms. The fraction of sp³-hybridized carbons (Fsp3) is 0.682. The molecular weight excluding hydrogens is 567 g/mol. The highest BCUT2D eigenvalue weighted by Crippen LogP contribution is 2.56. The molecule has 2 saturated carbocycles. The average Bonchev–Trinajstić information content (AvgIpc) is 3.34. The molecule has 6 rings (SSSR count). The van der Waals surface area contributed by atoms with Crippen LogP contribution in [0.4, 0.5) is 11.4 Å². The standard InChI is InChI=1S/C44H67BN2/c1-30(2)34-21-18-20-33(7)37(34)46-39(43(28-41(46,8)9)24-14-12-15-25-43)45-40-44(26-16-13-17-27-44)29-42(10,11)47(40)38-35(31(3)4)22-19-23-36(38)32(5)6/h18-23,30-32,45H,12-17,24-29H2,1-11H3/q+2. The third kappa shape index (κ3) is 5.92. The van der Waals surface area contributed by atoms with E-state index in [9.17, 15) is 0 Å². The van der Waals surface area contributed by atoms with Gasteiger partial charge in [0, 0.05) is 73.6 Å². The van der Waals surface area contributed by atoms with E-state index < -0.39 is 0 Å². The Balaban J connectivity index is 1.72. The summed E-state index contributed by atoms with van der Waals surface area (Å²) in [5.41, 5.74) is 13.4. The number of hydrogen-bond acceptors (Lipinski definition) is 0. The third-order valence-electron chi connectivity index (χ3n) is 13.2. The van der Waals surface area contributed by atoms with Crippen molar-refractivity contribution >= 4 is 29.9 Å². The molecule has 0 saturated heterocycles. The Hall–Kier alpha value is -2.16. The SMILES string of the molecule is Cc1cccc(C(C)C)c1[N+]1=C(BC2=[N+](c3c(C(C)C)cccc3C(C)C)C(C)(C)CC23CCCCC3)C2(CCCCC2)CC1(C)C. The molecule has 2 nitrogen and oxygen atoms in total. The minimum atomic E-state index is 0.0757. The van der Waals surface area contributed by atoms with Gasteiger partial charge in [0.25, 0.3) is 0 Å². The number of para-hydroxylation sites is 2. The molecule has 2 heterocycles.